The van der Waals surface area contributed by atoms with Crippen molar-refractivity contribution in [1.82, 2.24) is 4.98 Å². The SMILES string of the molecule is CCNc1ccncc1S(=O)(=O)N(CC)c1ccccc1. The minimum absolute atomic E-state index is 0.192. The zero-order valence-electron chi connectivity index (χ0n) is 12.2. The molecule has 0 bridgehead atoms. The molecule has 0 saturated carbocycles. The van der Waals surface area contributed by atoms with Crippen molar-refractivity contribution in [1.29, 1.82) is 0 Å². The molecule has 0 aliphatic heterocycles. The second-order valence-corrected chi connectivity index (χ2v) is 6.24. The van der Waals surface area contributed by atoms with Crippen molar-refractivity contribution in [2.24, 2.45) is 0 Å². The van der Waals surface area contributed by atoms with Crippen molar-refractivity contribution in [3.05, 3.63) is 48.8 Å². The van der Waals surface area contributed by atoms with E-state index in [-0.39, 0.29) is 4.90 Å². The molecular weight excluding hydrogens is 286 g/mol. The van der Waals surface area contributed by atoms with Crippen LogP contribution >= 0.6 is 0 Å². The fraction of sp³-hybridized carbons (Fsp3) is 0.267. The van der Waals surface area contributed by atoms with Crippen LogP contribution in [0, 0.1) is 0 Å². The maximum atomic E-state index is 12.9. The fourth-order valence-corrected chi connectivity index (χ4v) is 3.72. The first-order chi connectivity index (χ1) is 10.1. The standard InChI is InChI=1S/C15H19N3O2S/c1-3-17-14-10-11-16-12-15(14)21(19,20)18(4-2)13-8-6-5-7-9-13/h5-12H,3-4H2,1-2H3,(H,16,17). The number of rotatable bonds is 6. The van der Waals surface area contributed by atoms with E-state index in [4.69, 9.17) is 0 Å². The van der Waals surface area contributed by atoms with E-state index in [1.54, 1.807) is 24.4 Å². The molecule has 0 unspecified atom stereocenters. The maximum Gasteiger partial charge on any atom is 0.267 e. The summed E-state index contributed by atoms with van der Waals surface area (Å²) in [6.07, 6.45) is 2.97. The van der Waals surface area contributed by atoms with Crippen LogP contribution in [0.2, 0.25) is 0 Å². The number of sulfonamides is 1. The Balaban J connectivity index is 2.50. The van der Waals surface area contributed by atoms with Crippen LogP contribution < -0.4 is 9.62 Å². The Morgan fingerprint density at radius 1 is 1.14 bits per heavy atom. The summed E-state index contributed by atoms with van der Waals surface area (Å²) in [7, 11) is -3.65. The molecule has 0 radical (unpaired) electrons. The Labute approximate surface area is 125 Å². The number of nitrogens with one attached hydrogen (secondary N) is 1. The number of hydrogen-bond acceptors (Lipinski definition) is 4. The van der Waals surface area contributed by atoms with E-state index in [9.17, 15) is 8.42 Å². The average molecular weight is 305 g/mol. The maximum absolute atomic E-state index is 12.9. The molecule has 0 saturated heterocycles. The van der Waals surface area contributed by atoms with E-state index in [0.717, 1.165) is 0 Å². The predicted molar refractivity (Wildman–Crippen MR) is 85.0 cm³/mol. The largest absolute Gasteiger partial charge is 0.384 e. The summed E-state index contributed by atoms with van der Waals surface area (Å²) in [6.45, 7) is 4.73. The average Bonchev–Trinajstić information content (AvgIpc) is 2.49. The zero-order valence-corrected chi connectivity index (χ0v) is 13.0. The highest BCUT2D eigenvalue weighted by Gasteiger charge is 2.26. The van der Waals surface area contributed by atoms with Gasteiger partial charge in [0.15, 0.2) is 0 Å². The summed E-state index contributed by atoms with van der Waals surface area (Å²) >= 11 is 0. The topological polar surface area (TPSA) is 62.3 Å². The molecule has 0 atom stereocenters. The molecule has 2 rings (SSSR count). The smallest absolute Gasteiger partial charge is 0.267 e. The van der Waals surface area contributed by atoms with Gasteiger partial charge in [0.25, 0.3) is 10.0 Å². The fourth-order valence-electron chi connectivity index (χ4n) is 2.13. The van der Waals surface area contributed by atoms with Crippen LogP contribution in [0.15, 0.2) is 53.7 Å². The summed E-state index contributed by atoms with van der Waals surface area (Å²) in [5.41, 5.74) is 1.22. The first-order valence-corrected chi connectivity index (χ1v) is 8.31. The third kappa shape index (κ3) is 3.16. The number of nitrogens with zero attached hydrogens (tertiary/aromatic N) is 2. The van der Waals surface area contributed by atoms with E-state index >= 15 is 0 Å². The molecule has 0 fully saturated rings. The Kier molecular flexibility index (Phi) is 4.80. The van der Waals surface area contributed by atoms with Gasteiger partial charge < -0.3 is 5.32 Å². The van der Waals surface area contributed by atoms with Crippen molar-refractivity contribution in [3.8, 4) is 0 Å². The molecule has 1 N–H and O–H groups in total. The van der Waals surface area contributed by atoms with Crippen molar-refractivity contribution in [3.63, 3.8) is 0 Å². The van der Waals surface area contributed by atoms with Gasteiger partial charge in [-0.2, -0.15) is 0 Å². The first kappa shape index (κ1) is 15.3. The van der Waals surface area contributed by atoms with Crippen molar-refractivity contribution < 1.29 is 8.42 Å². The highest BCUT2D eigenvalue weighted by Crippen LogP contribution is 2.27. The van der Waals surface area contributed by atoms with Gasteiger partial charge in [-0.1, -0.05) is 18.2 Å². The lowest BCUT2D eigenvalue weighted by Crippen LogP contribution is -2.31. The highest BCUT2D eigenvalue weighted by molar-refractivity contribution is 7.93. The van der Waals surface area contributed by atoms with E-state index in [1.165, 1.54) is 10.5 Å². The lowest BCUT2D eigenvalue weighted by atomic mass is 10.3. The predicted octanol–water partition coefficient (Wildman–Crippen LogP) is 2.73. The van der Waals surface area contributed by atoms with Gasteiger partial charge in [-0.3, -0.25) is 9.29 Å². The molecule has 0 spiro atoms. The van der Waals surface area contributed by atoms with Crippen molar-refractivity contribution in [2.75, 3.05) is 22.7 Å². The van der Waals surface area contributed by atoms with Crippen molar-refractivity contribution >= 4 is 21.4 Å². The molecule has 2 aromatic rings. The zero-order chi connectivity index (χ0) is 15.3. The molecule has 1 heterocycles. The summed E-state index contributed by atoms with van der Waals surface area (Å²) in [5.74, 6) is 0. The van der Waals surface area contributed by atoms with Gasteiger partial charge in [0, 0.05) is 25.5 Å². The summed E-state index contributed by atoms with van der Waals surface area (Å²) in [5, 5.41) is 3.07. The molecule has 5 nitrogen and oxygen atoms in total. The minimum atomic E-state index is -3.65. The second-order valence-electron chi connectivity index (χ2n) is 4.41. The molecule has 0 aliphatic carbocycles. The van der Waals surface area contributed by atoms with Crippen LogP contribution in [0.1, 0.15) is 13.8 Å². The summed E-state index contributed by atoms with van der Waals surface area (Å²) in [6, 6.07) is 10.7. The molecule has 1 aromatic heterocycles. The van der Waals surface area contributed by atoms with Gasteiger partial charge >= 0.3 is 0 Å². The van der Waals surface area contributed by atoms with Gasteiger partial charge in [-0.25, -0.2) is 8.42 Å². The van der Waals surface area contributed by atoms with Gasteiger partial charge in [0.1, 0.15) is 4.90 Å². The van der Waals surface area contributed by atoms with Crippen LogP contribution in [0.25, 0.3) is 0 Å². The highest BCUT2D eigenvalue weighted by atomic mass is 32.2. The van der Waals surface area contributed by atoms with Gasteiger partial charge in [-0.05, 0) is 32.0 Å². The Bertz CT molecular complexity index is 687. The molecule has 6 heteroatoms. The second kappa shape index (κ2) is 6.58. The number of pyridine rings is 1. The van der Waals surface area contributed by atoms with E-state index in [2.05, 4.69) is 10.3 Å². The van der Waals surface area contributed by atoms with Crippen LogP contribution in [-0.2, 0) is 10.0 Å². The monoisotopic (exact) mass is 305 g/mol. The summed E-state index contributed by atoms with van der Waals surface area (Å²) in [4.78, 5) is 4.15. The lowest BCUT2D eigenvalue weighted by molar-refractivity contribution is 0.591. The van der Waals surface area contributed by atoms with Crippen molar-refractivity contribution in [2.45, 2.75) is 18.7 Å². The van der Waals surface area contributed by atoms with E-state index in [1.807, 2.05) is 32.0 Å². The third-order valence-corrected chi connectivity index (χ3v) is 4.98. The van der Waals surface area contributed by atoms with E-state index in [0.29, 0.717) is 24.5 Å². The van der Waals surface area contributed by atoms with Crippen LogP contribution in [-0.4, -0.2) is 26.5 Å². The minimum Gasteiger partial charge on any atom is -0.384 e. The molecule has 112 valence electrons. The molecular formula is C15H19N3O2S. The Hall–Kier alpha value is -2.08. The summed E-state index contributed by atoms with van der Waals surface area (Å²) < 4.78 is 27.2. The van der Waals surface area contributed by atoms with Gasteiger partial charge in [-0.15, -0.1) is 0 Å². The van der Waals surface area contributed by atoms with Gasteiger partial charge in [0.05, 0.1) is 11.4 Å². The lowest BCUT2D eigenvalue weighted by Gasteiger charge is -2.24. The Morgan fingerprint density at radius 2 is 1.86 bits per heavy atom. The van der Waals surface area contributed by atoms with Crippen LogP contribution in [0.5, 0.6) is 0 Å². The number of hydrogen-bond donors (Lipinski definition) is 1. The van der Waals surface area contributed by atoms with Gasteiger partial charge in [0.2, 0.25) is 0 Å². The number of para-hydroxylation sites is 1. The van der Waals surface area contributed by atoms with Crippen LogP contribution in [0.3, 0.4) is 0 Å². The molecule has 21 heavy (non-hydrogen) atoms. The molecule has 1 aromatic carbocycles. The number of anilines is 2. The molecule has 0 aliphatic rings. The quantitative estimate of drug-likeness (QED) is 0.891. The molecule has 0 amide bonds. The number of aromatic nitrogens is 1. The Morgan fingerprint density at radius 3 is 2.48 bits per heavy atom. The third-order valence-electron chi connectivity index (χ3n) is 3.05. The van der Waals surface area contributed by atoms with Crippen LogP contribution in [0.4, 0.5) is 11.4 Å². The van der Waals surface area contributed by atoms with E-state index < -0.39 is 10.0 Å². The number of benzene rings is 1. The first-order valence-electron chi connectivity index (χ1n) is 6.87. The normalized spacial score (nSPS) is 11.1.